The molecule has 0 amide bonds. The van der Waals surface area contributed by atoms with Crippen molar-refractivity contribution in [3.05, 3.63) is 56.2 Å². The van der Waals surface area contributed by atoms with Crippen molar-refractivity contribution in [3.63, 3.8) is 0 Å². The number of thiazole rings is 2. The van der Waals surface area contributed by atoms with Crippen LogP contribution in [0, 0.1) is 13.8 Å². The van der Waals surface area contributed by atoms with Crippen LogP contribution in [0.3, 0.4) is 0 Å². The van der Waals surface area contributed by atoms with Crippen LogP contribution >= 0.6 is 22.7 Å². The van der Waals surface area contributed by atoms with E-state index in [9.17, 15) is 0 Å². The minimum absolute atomic E-state index is 0.156. The Hall–Kier alpha value is -1.54. The van der Waals surface area contributed by atoms with Crippen molar-refractivity contribution < 1.29 is 4.74 Å². The minimum Gasteiger partial charge on any atom is -0.369 e. The van der Waals surface area contributed by atoms with Gasteiger partial charge in [-0.3, -0.25) is 4.90 Å². The van der Waals surface area contributed by atoms with Crippen LogP contribution in [0.5, 0.6) is 0 Å². The van der Waals surface area contributed by atoms with E-state index in [1.165, 1.54) is 10.6 Å². The van der Waals surface area contributed by atoms with E-state index in [0.29, 0.717) is 6.61 Å². The van der Waals surface area contributed by atoms with Gasteiger partial charge in [0.2, 0.25) is 0 Å². The molecular formula is C18H22N4OS2. The molecule has 0 aromatic carbocycles. The summed E-state index contributed by atoms with van der Waals surface area (Å²) in [4.78, 5) is 12.7. The van der Waals surface area contributed by atoms with Crippen molar-refractivity contribution >= 4 is 22.7 Å². The van der Waals surface area contributed by atoms with Crippen LogP contribution in [0.25, 0.3) is 0 Å². The number of hydrogen-bond donors (Lipinski definition) is 0. The molecule has 1 aliphatic heterocycles. The number of aromatic nitrogens is 3. The molecular weight excluding hydrogens is 352 g/mol. The maximum Gasteiger partial charge on any atom is 0.0901 e. The van der Waals surface area contributed by atoms with E-state index in [2.05, 4.69) is 50.1 Å². The van der Waals surface area contributed by atoms with Crippen molar-refractivity contribution in [2.75, 3.05) is 6.54 Å². The summed E-state index contributed by atoms with van der Waals surface area (Å²) in [5.74, 6) is 0. The molecule has 1 unspecified atom stereocenters. The summed E-state index contributed by atoms with van der Waals surface area (Å²) >= 11 is 3.42. The molecule has 5 nitrogen and oxygen atoms in total. The Labute approximate surface area is 155 Å². The first-order valence-corrected chi connectivity index (χ1v) is 10.2. The first kappa shape index (κ1) is 16.9. The zero-order valence-electron chi connectivity index (χ0n) is 14.5. The molecule has 0 bridgehead atoms. The molecule has 0 radical (unpaired) electrons. The summed E-state index contributed by atoms with van der Waals surface area (Å²) in [6.07, 6.45) is 2.31. The fraction of sp³-hybridized carbons (Fsp3) is 0.444. The quantitative estimate of drug-likeness (QED) is 0.684. The highest BCUT2D eigenvalue weighted by atomic mass is 32.1. The number of hydrogen-bond acceptors (Lipinski definition) is 6. The summed E-state index contributed by atoms with van der Waals surface area (Å²) < 4.78 is 8.55. The number of aryl methyl sites for hydroxylation is 2. The van der Waals surface area contributed by atoms with Gasteiger partial charge in [0.25, 0.3) is 0 Å². The molecule has 0 aliphatic carbocycles. The summed E-state index contributed by atoms with van der Waals surface area (Å²) in [5.41, 5.74) is 5.45. The van der Waals surface area contributed by atoms with Gasteiger partial charge in [0.15, 0.2) is 0 Å². The van der Waals surface area contributed by atoms with Gasteiger partial charge in [-0.15, -0.1) is 22.7 Å². The van der Waals surface area contributed by atoms with Gasteiger partial charge in [-0.05, 0) is 26.0 Å². The van der Waals surface area contributed by atoms with E-state index in [-0.39, 0.29) is 6.10 Å². The van der Waals surface area contributed by atoms with Crippen molar-refractivity contribution in [1.29, 1.82) is 0 Å². The van der Waals surface area contributed by atoms with Gasteiger partial charge < -0.3 is 9.30 Å². The van der Waals surface area contributed by atoms with Crippen LogP contribution in [0.15, 0.2) is 29.2 Å². The van der Waals surface area contributed by atoms with E-state index < -0.39 is 0 Å². The largest absolute Gasteiger partial charge is 0.369 e. The molecule has 0 saturated heterocycles. The van der Waals surface area contributed by atoms with Gasteiger partial charge in [0.05, 0.1) is 34.6 Å². The molecule has 25 heavy (non-hydrogen) atoms. The van der Waals surface area contributed by atoms with Gasteiger partial charge in [-0.1, -0.05) is 0 Å². The van der Waals surface area contributed by atoms with E-state index in [4.69, 9.17) is 4.74 Å². The lowest BCUT2D eigenvalue weighted by Gasteiger charge is -2.23. The lowest BCUT2D eigenvalue weighted by molar-refractivity contribution is 0.00755. The Kier molecular flexibility index (Phi) is 4.98. The molecule has 0 spiro atoms. The first-order valence-electron chi connectivity index (χ1n) is 8.45. The zero-order valence-corrected chi connectivity index (χ0v) is 16.1. The maximum atomic E-state index is 6.24. The highest BCUT2D eigenvalue weighted by Gasteiger charge is 2.23. The van der Waals surface area contributed by atoms with Crippen LogP contribution in [-0.2, 0) is 31.0 Å². The van der Waals surface area contributed by atoms with E-state index in [1.54, 1.807) is 22.7 Å². The van der Waals surface area contributed by atoms with E-state index in [0.717, 1.165) is 42.6 Å². The molecule has 4 rings (SSSR count). The van der Waals surface area contributed by atoms with Crippen molar-refractivity contribution in [2.24, 2.45) is 0 Å². The fourth-order valence-electron chi connectivity index (χ4n) is 3.21. The molecule has 3 aromatic rings. The van der Waals surface area contributed by atoms with Crippen molar-refractivity contribution in [1.82, 2.24) is 19.4 Å². The SMILES string of the molecule is Cc1nc(COC2CN(Cc3scnc3C)Cc3cccn3C2)cs1. The highest BCUT2D eigenvalue weighted by Crippen LogP contribution is 2.21. The molecule has 132 valence electrons. The third-order valence-electron chi connectivity index (χ3n) is 4.52. The predicted octanol–water partition coefficient (Wildman–Crippen LogP) is 3.62. The molecule has 0 N–H and O–H groups in total. The fourth-order valence-corrected chi connectivity index (χ4v) is 4.63. The average Bonchev–Trinajstić information content (AvgIpc) is 3.27. The lowest BCUT2D eigenvalue weighted by atomic mass is 10.3. The molecule has 4 heterocycles. The second kappa shape index (κ2) is 7.37. The monoisotopic (exact) mass is 374 g/mol. The van der Waals surface area contributed by atoms with Gasteiger partial charge in [-0.2, -0.15) is 0 Å². The van der Waals surface area contributed by atoms with E-state index in [1.807, 2.05) is 12.4 Å². The summed E-state index contributed by atoms with van der Waals surface area (Å²) in [7, 11) is 0. The number of rotatable bonds is 5. The Balaban J connectivity index is 1.47. The van der Waals surface area contributed by atoms with Gasteiger partial charge in [-0.25, -0.2) is 9.97 Å². The minimum atomic E-state index is 0.156. The molecule has 1 atom stereocenters. The van der Waals surface area contributed by atoms with Gasteiger partial charge >= 0.3 is 0 Å². The number of nitrogens with zero attached hydrogens (tertiary/aromatic N) is 4. The van der Waals surface area contributed by atoms with Crippen LogP contribution in [0.1, 0.15) is 27.0 Å². The third-order valence-corrected chi connectivity index (χ3v) is 6.26. The zero-order chi connectivity index (χ0) is 17.2. The summed E-state index contributed by atoms with van der Waals surface area (Å²) in [6.45, 7) is 8.39. The van der Waals surface area contributed by atoms with Crippen LogP contribution in [0.4, 0.5) is 0 Å². The Morgan fingerprint density at radius 1 is 1.28 bits per heavy atom. The number of ether oxygens (including phenoxy) is 1. The topological polar surface area (TPSA) is 43.2 Å². The molecule has 3 aromatic heterocycles. The van der Waals surface area contributed by atoms with Crippen LogP contribution in [0.2, 0.25) is 0 Å². The Morgan fingerprint density at radius 3 is 2.96 bits per heavy atom. The Bertz CT molecular complexity index is 838. The lowest BCUT2D eigenvalue weighted by Crippen LogP contribution is -2.32. The normalized spacial score (nSPS) is 18.2. The van der Waals surface area contributed by atoms with Gasteiger partial charge in [0, 0.05) is 48.3 Å². The molecule has 1 aliphatic rings. The van der Waals surface area contributed by atoms with Crippen molar-refractivity contribution in [3.8, 4) is 0 Å². The average molecular weight is 375 g/mol. The summed E-state index contributed by atoms with van der Waals surface area (Å²) in [6, 6.07) is 4.33. The summed E-state index contributed by atoms with van der Waals surface area (Å²) in [5, 5.41) is 3.18. The maximum absolute atomic E-state index is 6.24. The van der Waals surface area contributed by atoms with Crippen molar-refractivity contribution in [2.45, 2.75) is 46.2 Å². The highest BCUT2D eigenvalue weighted by molar-refractivity contribution is 7.09. The van der Waals surface area contributed by atoms with E-state index >= 15 is 0 Å². The molecule has 7 heteroatoms. The molecule has 0 saturated carbocycles. The first-order chi connectivity index (χ1) is 12.2. The smallest absolute Gasteiger partial charge is 0.0901 e. The van der Waals surface area contributed by atoms with Crippen LogP contribution in [-0.4, -0.2) is 32.1 Å². The predicted molar refractivity (Wildman–Crippen MR) is 101 cm³/mol. The molecule has 0 fully saturated rings. The second-order valence-corrected chi connectivity index (χ2v) is 8.47. The van der Waals surface area contributed by atoms with Crippen LogP contribution < -0.4 is 0 Å². The Morgan fingerprint density at radius 2 is 2.20 bits per heavy atom. The second-order valence-electron chi connectivity index (χ2n) is 6.47. The number of fused-ring (bicyclic) bond motifs is 1. The standard InChI is InChI=1S/C18H22N4OS2/c1-13-18(25-12-19-13)9-21-6-16-4-3-5-22(16)8-17(7-21)23-10-15-11-24-14(2)20-15/h3-5,11-12,17H,6-10H2,1-2H3. The third kappa shape index (κ3) is 4.00. The van der Waals surface area contributed by atoms with Gasteiger partial charge in [0.1, 0.15) is 0 Å².